The number of carbonyl (C=O) groups is 1. The molecule has 5 nitrogen and oxygen atoms in total. The highest BCUT2D eigenvalue weighted by molar-refractivity contribution is 5.87. The van der Waals surface area contributed by atoms with E-state index in [1.807, 2.05) is 48.5 Å². The van der Waals surface area contributed by atoms with Crippen molar-refractivity contribution < 1.29 is 18.8 Å². The SMILES string of the molecule is O=C(OC1CC2CC[N+]1(CCCOc1cccc3c1CCCC3)CC2)N(Cc1ccccc1)c1ccccc1. The van der Waals surface area contributed by atoms with E-state index < -0.39 is 0 Å². The molecule has 204 valence electrons. The molecule has 0 radical (unpaired) electrons. The highest BCUT2D eigenvalue weighted by Gasteiger charge is 2.49. The molecular weight excluding hydrogens is 484 g/mol. The van der Waals surface area contributed by atoms with Gasteiger partial charge in [0.25, 0.3) is 0 Å². The van der Waals surface area contributed by atoms with Gasteiger partial charge >= 0.3 is 6.09 Å². The first-order chi connectivity index (χ1) is 19.2. The number of amides is 1. The number of nitrogens with zero attached hydrogens (tertiary/aromatic N) is 2. The van der Waals surface area contributed by atoms with Crippen molar-refractivity contribution in [3.05, 3.63) is 95.6 Å². The van der Waals surface area contributed by atoms with Gasteiger partial charge in [-0.25, -0.2) is 4.79 Å². The van der Waals surface area contributed by atoms with E-state index in [0.717, 1.165) is 60.4 Å². The third-order valence-corrected chi connectivity index (χ3v) is 9.18. The molecule has 0 saturated carbocycles. The van der Waals surface area contributed by atoms with Crippen molar-refractivity contribution in [3.8, 4) is 5.75 Å². The van der Waals surface area contributed by atoms with E-state index in [4.69, 9.17) is 9.47 Å². The van der Waals surface area contributed by atoms with Crippen LogP contribution in [-0.2, 0) is 24.1 Å². The molecule has 3 aliphatic heterocycles. The molecule has 3 fully saturated rings. The molecule has 4 aliphatic rings. The van der Waals surface area contributed by atoms with Gasteiger partial charge in [-0.3, -0.25) is 9.38 Å². The van der Waals surface area contributed by atoms with Crippen LogP contribution in [0.25, 0.3) is 0 Å². The van der Waals surface area contributed by atoms with Gasteiger partial charge in [-0.1, -0.05) is 60.7 Å². The first-order valence-corrected chi connectivity index (χ1v) is 14.9. The van der Waals surface area contributed by atoms with Crippen LogP contribution in [0.3, 0.4) is 0 Å². The van der Waals surface area contributed by atoms with Crippen LogP contribution in [0.5, 0.6) is 5.75 Å². The van der Waals surface area contributed by atoms with E-state index in [0.29, 0.717) is 19.1 Å². The smallest absolute Gasteiger partial charge is 0.419 e. The quantitative estimate of drug-likeness (QED) is 0.220. The maximum Gasteiger partial charge on any atom is 0.419 e. The van der Waals surface area contributed by atoms with Crippen LogP contribution in [-0.4, -0.2) is 43.0 Å². The van der Waals surface area contributed by atoms with Crippen LogP contribution in [0, 0.1) is 5.92 Å². The van der Waals surface area contributed by atoms with Gasteiger partial charge in [-0.15, -0.1) is 0 Å². The van der Waals surface area contributed by atoms with Crippen LogP contribution in [0.4, 0.5) is 10.5 Å². The van der Waals surface area contributed by atoms with Crippen LogP contribution in [0.1, 0.15) is 55.2 Å². The number of fused-ring (bicyclic) bond motifs is 4. The van der Waals surface area contributed by atoms with Gasteiger partial charge in [-0.2, -0.15) is 0 Å². The summed E-state index contributed by atoms with van der Waals surface area (Å²) in [4.78, 5) is 15.5. The van der Waals surface area contributed by atoms with Crippen LogP contribution in [0.2, 0.25) is 0 Å². The summed E-state index contributed by atoms with van der Waals surface area (Å²) in [6, 6.07) is 26.6. The third-order valence-electron chi connectivity index (χ3n) is 9.18. The number of hydrogen-bond acceptors (Lipinski definition) is 3. The fourth-order valence-electron chi connectivity index (χ4n) is 6.95. The van der Waals surface area contributed by atoms with Crippen LogP contribution >= 0.6 is 0 Å². The third kappa shape index (κ3) is 5.84. The Kier molecular flexibility index (Phi) is 7.87. The van der Waals surface area contributed by atoms with Gasteiger partial charge in [-0.05, 0) is 66.5 Å². The standard InChI is InChI=1S/C34H41N2O3/c37-34(35(30-15-5-2-6-16-30)26-28-11-3-1-4-12-28)39-33-25-27-19-22-36(33,23-20-27)21-10-24-38-32-18-9-14-29-13-7-8-17-31(29)32/h1-6,9,11-12,14-16,18,27,33H,7-8,10,13,17,19-26H2/q+1. The topological polar surface area (TPSA) is 38.8 Å². The zero-order valence-corrected chi connectivity index (χ0v) is 23.0. The van der Waals surface area contributed by atoms with Gasteiger partial charge in [0.1, 0.15) is 5.75 Å². The number of benzene rings is 3. The number of ether oxygens (including phenoxy) is 2. The molecule has 3 aromatic rings. The number of rotatable bonds is 9. The second-order valence-corrected chi connectivity index (χ2v) is 11.6. The summed E-state index contributed by atoms with van der Waals surface area (Å²) >= 11 is 0. The Morgan fingerprint density at radius 3 is 2.41 bits per heavy atom. The average molecular weight is 526 g/mol. The van der Waals surface area contributed by atoms with E-state index in [2.05, 4.69) is 30.3 Å². The normalized spacial score (nSPS) is 23.6. The van der Waals surface area contributed by atoms with Gasteiger partial charge in [0, 0.05) is 31.4 Å². The zero-order valence-electron chi connectivity index (χ0n) is 23.0. The Labute approximate surface area is 232 Å². The lowest BCUT2D eigenvalue weighted by atomic mass is 9.84. The molecule has 0 N–H and O–H groups in total. The van der Waals surface area contributed by atoms with Crippen molar-refractivity contribution in [2.75, 3.05) is 31.1 Å². The van der Waals surface area contributed by atoms with E-state index in [9.17, 15) is 4.79 Å². The van der Waals surface area contributed by atoms with Crippen molar-refractivity contribution in [1.29, 1.82) is 0 Å². The number of piperidine rings is 3. The summed E-state index contributed by atoms with van der Waals surface area (Å²) in [5, 5.41) is 0. The lowest BCUT2D eigenvalue weighted by Crippen LogP contribution is -2.66. The molecule has 1 amide bonds. The minimum atomic E-state index is -0.243. The summed E-state index contributed by atoms with van der Waals surface area (Å²) in [5.41, 5.74) is 4.84. The number of aryl methyl sites for hydroxylation is 1. The maximum absolute atomic E-state index is 13.8. The first kappa shape index (κ1) is 25.9. The fraction of sp³-hybridized carbons (Fsp3) is 0.441. The van der Waals surface area contributed by atoms with E-state index in [1.54, 1.807) is 4.90 Å². The lowest BCUT2D eigenvalue weighted by molar-refractivity contribution is -0.984. The van der Waals surface area contributed by atoms with Gasteiger partial charge in [0.15, 0.2) is 0 Å². The number of quaternary nitrogens is 1. The molecule has 1 aliphatic carbocycles. The molecule has 0 spiro atoms. The first-order valence-electron chi connectivity index (χ1n) is 14.9. The van der Waals surface area contributed by atoms with Crippen molar-refractivity contribution in [2.45, 2.75) is 64.1 Å². The molecule has 5 heteroatoms. The summed E-state index contributed by atoms with van der Waals surface area (Å²) < 4.78 is 13.7. The molecule has 3 heterocycles. The summed E-state index contributed by atoms with van der Waals surface area (Å²) in [7, 11) is 0. The Hall–Kier alpha value is -3.31. The molecule has 2 bridgehead atoms. The maximum atomic E-state index is 13.8. The molecule has 7 rings (SSSR count). The van der Waals surface area contributed by atoms with E-state index in [-0.39, 0.29) is 12.3 Å². The van der Waals surface area contributed by atoms with Crippen molar-refractivity contribution >= 4 is 11.8 Å². The molecular formula is C34H41N2O3+. The second-order valence-electron chi connectivity index (χ2n) is 11.6. The minimum absolute atomic E-state index is 0.0866. The summed E-state index contributed by atoms with van der Waals surface area (Å²) in [5.74, 6) is 1.74. The Morgan fingerprint density at radius 1 is 0.872 bits per heavy atom. The van der Waals surface area contributed by atoms with Gasteiger partial charge in [0.05, 0.1) is 32.8 Å². The Morgan fingerprint density at radius 2 is 1.62 bits per heavy atom. The van der Waals surface area contributed by atoms with Crippen molar-refractivity contribution in [2.24, 2.45) is 5.92 Å². The van der Waals surface area contributed by atoms with Crippen molar-refractivity contribution in [1.82, 2.24) is 0 Å². The molecule has 0 aromatic heterocycles. The van der Waals surface area contributed by atoms with Crippen LogP contribution in [0.15, 0.2) is 78.9 Å². The van der Waals surface area contributed by atoms with Gasteiger partial charge in [0.2, 0.25) is 6.23 Å². The molecule has 1 atom stereocenters. The number of anilines is 1. The molecule has 3 aromatic carbocycles. The lowest BCUT2D eigenvalue weighted by Gasteiger charge is -2.53. The molecule has 39 heavy (non-hydrogen) atoms. The van der Waals surface area contributed by atoms with Crippen LogP contribution < -0.4 is 9.64 Å². The molecule has 3 saturated heterocycles. The Bertz CT molecular complexity index is 1240. The predicted octanol–water partition coefficient (Wildman–Crippen LogP) is 7.13. The highest BCUT2D eigenvalue weighted by atomic mass is 16.6. The van der Waals surface area contributed by atoms with Crippen molar-refractivity contribution in [3.63, 3.8) is 0 Å². The summed E-state index contributed by atoms with van der Waals surface area (Å²) in [6.45, 7) is 4.38. The summed E-state index contributed by atoms with van der Waals surface area (Å²) in [6.07, 6.45) is 8.90. The largest absolute Gasteiger partial charge is 0.493 e. The Balaban J connectivity index is 1.12. The number of para-hydroxylation sites is 1. The fourth-order valence-corrected chi connectivity index (χ4v) is 6.95. The van der Waals surface area contributed by atoms with Gasteiger partial charge < -0.3 is 9.47 Å². The average Bonchev–Trinajstić information content (AvgIpc) is 3.00. The van der Waals surface area contributed by atoms with E-state index in [1.165, 1.54) is 43.2 Å². The number of hydrogen-bond donors (Lipinski definition) is 0. The second kappa shape index (κ2) is 11.8. The van der Waals surface area contributed by atoms with E-state index >= 15 is 0 Å². The number of carbonyl (C=O) groups excluding carboxylic acids is 1. The minimum Gasteiger partial charge on any atom is -0.493 e. The molecule has 1 unspecified atom stereocenters. The zero-order chi connectivity index (χ0) is 26.5. The monoisotopic (exact) mass is 525 g/mol. The highest BCUT2D eigenvalue weighted by Crippen LogP contribution is 2.40. The predicted molar refractivity (Wildman–Crippen MR) is 155 cm³/mol.